The standard InChI is InChI=1S/C11H15Cl2P/c1-3-14(4-2)11(12,13)10-8-6-5-7-9-10/h5-9H,3-4H2,1-2H3. The molecule has 0 aliphatic carbocycles. The zero-order chi connectivity index (χ0) is 10.6. The molecule has 1 aromatic carbocycles. The monoisotopic (exact) mass is 248 g/mol. The van der Waals surface area contributed by atoms with Crippen LogP contribution in [0.4, 0.5) is 0 Å². The second kappa shape index (κ2) is 5.35. The Kier molecular flexibility index (Phi) is 4.70. The summed E-state index contributed by atoms with van der Waals surface area (Å²) in [5, 5.41) is 0. The van der Waals surface area contributed by atoms with E-state index in [1.54, 1.807) is 0 Å². The minimum Gasteiger partial charge on any atom is -0.0912 e. The largest absolute Gasteiger partial charge is 0.161 e. The van der Waals surface area contributed by atoms with Gasteiger partial charge in [-0.05, 0) is 17.9 Å². The Morgan fingerprint density at radius 2 is 1.57 bits per heavy atom. The van der Waals surface area contributed by atoms with Gasteiger partial charge in [0.05, 0.1) is 0 Å². The highest BCUT2D eigenvalue weighted by Gasteiger charge is 2.33. The molecule has 0 atom stereocenters. The van der Waals surface area contributed by atoms with Gasteiger partial charge in [-0.1, -0.05) is 75.3 Å². The van der Waals surface area contributed by atoms with E-state index in [4.69, 9.17) is 23.2 Å². The first-order chi connectivity index (χ1) is 6.62. The number of alkyl halides is 2. The van der Waals surface area contributed by atoms with E-state index in [0.29, 0.717) is 0 Å². The highest BCUT2D eigenvalue weighted by Crippen LogP contribution is 2.61. The quantitative estimate of drug-likeness (QED) is 0.531. The molecule has 1 aromatic rings. The van der Waals surface area contributed by atoms with Gasteiger partial charge in [-0.15, -0.1) is 0 Å². The third kappa shape index (κ3) is 2.63. The molecule has 0 amide bonds. The van der Waals surface area contributed by atoms with Crippen molar-refractivity contribution >= 4 is 31.1 Å². The summed E-state index contributed by atoms with van der Waals surface area (Å²) in [6.45, 7) is 4.30. The lowest BCUT2D eigenvalue weighted by Crippen LogP contribution is -2.10. The van der Waals surface area contributed by atoms with Crippen LogP contribution in [0.2, 0.25) is 0 Å². The highest BCUT2D eigenvalue weighted by molar-refractivity contribution is 7.62. The summed E-state index contributed by atoms with van der Waals surface area (Å²) in [7, 11) is -0.345. The summed E-state index contributed by atoms with van der Waals surface area (Å²) < 4.78 is -0.680. The number of rotatable bonds is 4. The molecule has 0 fully saturated rings. The molecule has 0 aliphatic rings. The van der Waals surface area contributed by atoms with Crippen molar-refractivity contribution < 1.29 is 0 Å². The zero-order valence-electron chi connectivity index (χ0n) is 8.50. The Labute approximate surface area is 97.4 Å². The van der Waals surface area contributed by atoms with Gasteiger partial charge in [-0.2, -0.15) is 0 Å². The Morgan fingerprint density at radius 3 is 2.00 bits per heavy atom. The molecule has 0 aliphatic heterocycles. The Hall–Kier alpha value is 0.230. The van der Waals surface area contributed by atoms with Gasteiger partial charge in [0.25, 0.3) is 0 Å². The predicted octanol–water partition coefficient (Wildman–Crippen LogP) is 4.80. The summed E-state index contributed by atoms with van der Waals surface area (Å²) in [6, 6.07) is 9.94. The smallest absolute Gasteiger partial charge is 0.0912 e. The van der Waals surface area contributed by atoms with Crippen LogP contribution in [0.25, 0.3) is 0 Å². The molecule has 3 heteroatoms. The second-order valence-corrected chi connectivity index (χ2v) is 7.95. The molecular formula is C11H15Cl2P. The zero-order valence-corrected chi connectivity index (χ0v) is 10.9. The fourth-order valence-electron chi connectivity index (χ4n) is 1.44. The topological polar surface area (TPSA) is 0 Å². The fraction of sp³-hybridized carbons (Fsp3) is 0.455. The van der Waals surface area contributed by atoms with Gasteiger partial charge in [0, 0.05) is 0 Å². The molecule has 0 heterocycles. The van der Waals surface area contributed by atoms with Crippen LogP contribution in [0.3, 0.4) is 0 Å². The number of hydrogen-bond acceptors (Lipinski definition) is 0. The van der Waals surface area contributed by atoms with E-state index in [1.807, 2.05) is 30.3 Å². The molecule has 0 saturated heterocycles. The van der Waals surface area contributed by atoms with Crippen molar-refractivity contribution in [1.82, 2.24) is 0 Å². The Morgan fingerprint density at radius 1 is 1.07 bits per heavy atom. The van der Waals surface area contributed by atoms with Gasteiger partial charge in [0.15, 0.2) is 4.07 Å². The first-order valence-electron chi connectivity index (χ1n) is 4.81. The van der Waals surface area contributed by atoms with Crippen molar-refractivity contribution in [2.75, 3.05) is 12.3 Å². The number of benzene rings is 1. The SMILES string of the molecule is CCP(CC)C(Cl)(Cl)c1ccccc1. The third-order valence-electron chi connectivity index (χ3n) is 2.28. The van der Waals surface area contributed by atoms with Gasteiger partial charge in [0.2, 0.25) is 0 Å². The van der Waals surface area contributed by atoms with Crippen LogP contribution < -0.4 is 0 Å². The van der Waals surface area contributed by atoms with E-state index in [0.717, 1.165) is 17.9 Å². The molecule has 0 unspecified atom stereocenters. The summed E-state index contributed by atoms with van der Waals surface area (Å²) in [5.41, 5.74) is 1.03. The van der Waals surface area contributed by atoms with E-state index >= 15 is 0 Å². The molecule has 0 nitrogen and oxygen atoms in total. The molecular weight excluding hydrogens is 234 g/mol. The van der Waals surface area contributed by atoms with E-state index in [1.165, 1.54) is 0 Å². The minimum absolute atomic E-state index is 0.345. The van der Waals surface area contributed by atoms with Crippen LogP contribution >= 0.6 is 31.1 Å². The van der Waals surface area contributed by atoms with Crippen molar-refractivity contribution in [1.29, 1.82) is 0 Å². The van der Waals surface area contributed by atoms with Crippen molar-refractivity contribution in [2.24, 2.45) is 0 Å². The maximum atomic E-state index is 6.42. The Bertz CT molecular complexity index is 268. The summed E-state index contributed by atoms with van der Waals surface area (Å²) in [6.07, 6.45) is 2.13. The van der Waals surface area contributed by atoms with E-state index in [9.17, 15) is 0 Å². The van der Waals surface area contributed by atoms with E-state index < -0.39 is 4.07 Å². The fourth-order valence-corrected chi connectivity index (χ4v) is 4.88. The maximum Gasteiger partial charge on any atom is 0.161 e. The van der Waals surface area contributed by atoms with Crippen LogP contribution in [0, 0.1) is 0 Å². The van der Waals surface area contributed by atoms with Crippen molar-refractivity contribution in [3.63, 3.8) is 0 Å². The maximum absolute atomic E-state index is 6.42. The van der Waals surface area contributed by atoms with Gasteiger partial charge in [0.1, 0.15) is 0 Å². The lowest BCUT2D eigenvalue weighted by Gasteiger charge is -2.29. The molecule has 14 heavy (non-hydrogen) atoms. The van der Waals surface area contributed by atoms with Gasteiger partial charge in [-0.3, -0.25) is 0 Å². The van der Waals surface area contributed by atoms with Crippen LogP contribution in [-0.2, 0) is 4.07 Å². The first kappa shape index (κ1) is 12.3. The molecule has 1 rings (SSSR count). The van der Waals surface area contributed by atoms with Crippen LogP contribution in [0.5, 0.6) is 0 Å². The predicted molar refractivity (Wildman–Crippen MR) is 67.8 cm³/mol. The van der Waals surface area contributed by atoms with Crippen LogP contribution in [0.15, 0.2) is 30.3 Å². The van der Waals surface area contributed by atoms with Crippen LogP contribution in [-0.4, -0.2) is 12.3 Å². The molecule has 0 N–H and O–H groups in total. The second-order valence-electron chi connectivity index (χ2n) is 3.08. The van der Waals surface area contributed by atoms with E-state index in [-0.39, 0.29) is 7.92 Å². The lowest BCUT2D eigenvalue weighted by atomic mass is 10.2. The van der Waals surface area contributed by atoms with Crippen molar-refractivity contribution in [3.8, 4) is 0 Å². The first-order valence-corrected chi connectivity index (χ1v) is 7.28. The average Bonchev–Trinajstić information content (AvgIpc) is 2.20. The molecule has 0 aromatic heterocycles. The molecule has 0 radical (unpaired) electrons. The van der Waals surface area contributed by atoms with Gasteiger partial charge >= 0.3 is 0 Å². The third-order valence-corrected chi connectivity index (χ3v) is 6.73. The molecule has 0 saturated carbocycles. The summed E-state index contributed by atoms with van der Waals surface area (Å²) >= 11 is 12.8. The van der Waals surface area contributed by atoms with Crippen molar-refractivity contribution in [3.05, 3.63) is 35.9 Å². The normalized spacial score (nSPS) is 12.1. The van der Waals surface area contributed by atoms with Crippen molar-refractivity contribution in [2.45, 2.75) is 17.9 Å². The molecule has 0 spiro atoms. The average molecular weight is 249 g/mol. The molecule has 78 valence electrons. The number of hydrogen-bond donors (Lipinski definition) is 0. The van der Waals surface area contributed by atoms with Gasteiger partial charge < -0.3 is 0 Å². The molecule has 0 bridgehead atoms. The van der Waals surface area contributed by atoms with Crippen LogP contribution in [0.1, 0.15) is 19.4 Å². The Balaban J connectivity index is 2.94. The highest BCUT2D eigenvalue weighted by atomic mass is 35.5. The van der Waals surface area contributed by atoms with E-state index in [2.05, 4.69) is 13.8 Å². The summed E-state index contributed by atoms with van der Waals surface area (Å²) in [5.74, 6) is 0. The minimum atomic E-state index is -0.680. The summed E-state index contributed by atoms with van der Waals surface area (Å²) in [4.78, 5) is 0. The lowest BCUT2D eigenvalue weighted by molar-refractivity contribution is 1.19. The number of halogens is 2. The van der Waals surface area contributed by atoms with Gasteiger partial charge in [-0.25, -0.2) is 0 Å².